The number of alkyl carbamates (subject to hydrolysis) is 1. The lowest BCUT2D eigenvalue weighted by molar-refractivity contribution is -0.149. The third kappa shape index (κ3) is 3.13. The number of fused-ring (bicyclic) bond motifs is 4. The van der Waals surface area contributed by atoms with Gasteiger partial charge in [0.1, 0.15) is 6.61 Å². The van der Waals surface area contributed by atoms with Crippen molar-refractivity contribution in [2.45, 2.75) is 31.2 Å². The van der Waals surface area contributed by atoms with Crippen LogP contribution in [0.2, 0.25) is 0 Å². The third-order valence-corrected chi connectivity index (χ3v) is 8.07. The van der Waals surface area contributed by atoms with Gasteiger partial charge in [0.05, 0.1) is 11.3 Å². The quantitative estimate of drug-likeness (QED) is 0.710. The second kappa shape index (κ2) is 7.33. The molecule has 7 rings (SSSR count). The van der Waals surface area contributed by atoms with Gasteiger partial charge in [-0.25, -0.2) is 4.79 Å². The van der Waals surface area contributed by atoms with Gasteiger partial charge in [0.2, 0.25) is 5.91 Å². The highest BCUT2D eigenvalue weighted by Crippen LogP contribution is 2.53. The molecule has 2 saturated carbocycles. The molecule has 2 bridgehead atoms. The van der Waals surface area contributed by atoms with E-state index in [2.05, 4.69) is 29.6 Å². The molecule has 7 nitrogen and oxygen atoms in total. The van der Waals surface area contributed by atoms with Crippen molar-refractivity contribution >= 4 is 18.0 Å². The minimum atomic E-state index is -0.812. The van der Waals surface area contributed by atoms with Crippen LogP contribution >= 0.6 is 0 Å². The van der Waals surface area contributed by atoms with Crippen molar-refractivity contribution in [3.63, 3.8) is 0 Å². The van der Waals surface area contributed by atoms with Crippen LogP contribution in [0.3, 0.4) is 0 Å². The summed E-state index contributed by atoms with van der Waals surface area (Å²) in [6, 6.07) is 16.2. The maximum absolute atomic E-state index is 13.1. The standard InChI is InChI=1S/C26H26N2O5/c29-23(30)22-15-11-21(22)28(12-15)24(31)26(9-10-26)14-27-25(32)33-13-20-18-7-3-1-5-16(18)17-6-2-4-8-19(17)20/h1-8,15,20-22H,9-14H2,(H,27,32)(H,29,30). The zero-order valence-electron chi connectivity index (χ0n) is 18.2. The molecule has 2 aromatic carbocycles. The van der Waals surface area contributed by atoms with E-state index in [4.69, 9.17) is 4.74 Å². The van der Waals surface area contributed by atoms with E-state index in [9.17, 15) is 19.5 Å². The molecule has 3 atom stereocenters. The van der Waals surface area contributed by atoms with Crippen LogP contribution in [0.25, 0.3) is 11.1 Å². The second-order valence-corrected chi connectivity index (χ2v) is 9.84. The number of nitrogens with one attached hydrogen (secondary N) is 1. The zero-order valence-corrected chi connectivity index (χ0v) is 18.2. The summed E-state index contributed by atoms with van der Waals surface area (Å²) in [5.41, 5.74) is 4.05. The van der Waals surface area contributed by atoms with E-state index < -0.39 is 23.4 Å². The van der Waals surface area contributed by atoms with Crippen molar-refractivity contribution in [3.05, 3.63) is 59.7 Å². The molecule has 3 unspecified atom stereocenters. The smallest absolute Gasteiger partial charge is 0.407 e. The molecule has 7 heteroatoms. The minimum absolute atomic E-state index is 0.0102. The number of carbonyl (C=O) groups is 3. The first-order valence-corrected chi connectivity index (χ1v) is 11.6. The van der Waals surface area contributed by atoms with Crippen molar-refractivity contribution in [1.29, 1.82) is 0 Å². The second-order valence-electron chi connectivity index (χ2n) is 9.84. The summed E-state index contributed by atoms with van der Waals surface area (Å²) < 4.78 is 5.59. The number of aliphatic carboxylic acids is 1. The molecule has 170 valence electrons. The van der Waals surface area contributed by atoms with Crippen molar-refractivity contribution in [2.75, 3.05) is 19.7 Å². The molecule has 0 spiro atoms. The van der Waals surface area contributed by atoms with Crippen LogP contribution in [0, 0.1) is 17.3 Å². The number of carbonyl (C=O) groups excluding carboxylic acids is 2. The summed E-state index contributed by atoms with van der Waals surface area (Å²) >= 11 is 0. The number of hydrogen-bond acceptors (Lipinski definition) is 4. The maximum Gasteiger partial charge on any atom is 0.407 e. The molecule has 2 heterocycles. The van der Waals surface area contributed by atoms with Crippen LogP contribution in [0.4, 0.5) is 4.79 Å². The summed E-state index contributed by atoms with van der Waals surface area (Å²) in [6.07, 6.45) is 1.67. The SMILES string of the molecule is O=C(NCC1(C(=O)N2CC3CC2C3C(=O)O)CC1)OCC1c2ccccc2-c2ccccc21. The molecule has 2 saturated heterocycles. The Balaban J connectivity index is 1.07. The molecule has 2 aliphatic heterocycles. The first kappa shape index (κ1) is 20.3. The normalized spacial score (nSPS) is 25.6. The fraction of sp³-hybridized carbons (Fsp3) is 0.423. The van der Waals surface area contributed by atoms with Gasteiger partial charge in [0.15, 0.2) is 0 Å². The fourth-order valence-corrected chi connectivity index (χ4v) is 6.03. The van der Waals surface area contributed by atoms with Gasteiger partial charge < -0.3 is 20.1 Å². The molecule has 0 aromatic heterocycles. The van der Waals surface area contributed by atoms with Gasteiger partial charge in [-0.2, -0.15) is 0 Å². The topological polar surface area (TPSA) is 95.9 Å². The Morgan fingerprint density at radius 2 is 1.67 bits per heavy atom. The lowest BCUT2D eigenvalue weighted by atomic mass is 9.74. The summed E-state index contributed by atoms with van der Waals surface area (Å²) in [4.78, 5) is 38.8. The lowest BCUT2D eigenvalue weighted by Gasteiger charge is -2.34. The predicted molar refractivity (Wildman–Crippen MR) is 119 cm³/mol. The molecular weight excluding hydrogens is 420 g/mol. The van der Waals surface area contributed by atoms with E-state index >= 15 is 0 Å². The van der Waals surface area contributed by atoms with E-state index in [1.807, 2.05) is 24.3 Å². The number of carboxylic acid groups (broad SMARTS) is 1. The third-order valence-electron chi connectivity index (χ3n) is 8.07. The van der Waals surface area contributed by atoms with Crippen LogP contribution in [-0.4, -0.2) is 53.7 Å². The number of carboxylic acids is 1. The van der Waals surface area contributed by atoms with Crippen LogP contribution in [0.15, 0.2) is 48.5 Å². The summed E-state index contributed by atoms with van der Waals surface area (Å²) in [5.74, 6) is -1.20. The van der Waals surface area contributed by atoms with Crippen LogP contribution in [-0.2, 0) is 14.3 Å². The highest BCUT2D eigenvalue weighted by atomic mass is 16.5. The van der Waals surface area contributed by atoms with Crippen molar-refractivity contribution in [1.82, 2.24) is 10.2 Å². The first-order valence-electron chi connectivity index (χ1n) is 11.6. The molecule has 3 aliphatic carbocycles. The number of benzene rings is 2. The van der Waals surface area contributed by atoms with E-state index in [1.54, 1.807) is 4.90 Å². The molecule has 2 N–H and O–H groups in total. The Kier molecular flexibility index (Phi) is 4.50. The molecule has 2 aromatic rings. The average Bonchev–Trinajstić information content (AvgIpc) is 3.17. The molecular formula is C26H26N2O5. The van der Waals surface area contributed by atoms with Gasteiger partial charge in [0, 0.05) is 25.0 Å². The van der Waals surface area contributed by atoms with Gasteiger partial charge >= 0.3 is 12.1 Å². The largest absolute Gasteiger partial charge is 0.481 e. The van der Waals surface area contributed by atoms with E-state index in [0.29, 0.717) is 19.4 Å². The monoisotopic (exact) mass is 446 g/mol. The first-order chi connectivity index (χ1) is 16.0. The highest BCUT2D eigenvalue weighted by molar-refractivity contribution is 5.88. The number of ether oxygens (including phenoxy) is 1. The van der Waals surface area contributed by atoms with Crippen molar-refractivity contribution in [3.8, 4) is 11.1 Å². The Labute approximate surface area is 191 Å². The lowest BCUT2D eigenvalue weighted by Crippen LogP contribution is -2.48. The number of rotatable bonds is 6. The van der Waals surface area contributed by atoms with E-state index in [1.165, 1.54) is 11.1 Å². The summed E-state index contributed by atoms with van der Waals surface area (Å²) in [6.45, 7) is 0.984. The summed E-state index contributed by atoms with van der Waals surface area (Å²) in [7, 11) is 0. The Bertz CT molecular complexity index is 1110. The maximum atomic E-state index is 13.1. The predicted octanol–water partition coefficient (Wildman–Crippen LogP) is 3.24. The summed E-state index contributed by atoms with van der Waals surface area (Å²) in [5, 5.41) is 12.2. The van der Waals surface area contributed by atoms with Gasteiger partial charge in [-0.1, -0.05) is 48.5 Å². The van der Waals surface area contributed by atoms with E-state index in [0.717, 1.165) is 17.5 Å². The van der Waals surface area contributed by atoms with Gasteiger partial charge in [-0.15, -0.1) is 0 Å². The Morgan fingerprint density at radius 3 is 2.24 bits per heavy atom. The molecule has 2 amide bonds. The number of nitrogens with zero attached hydrogens (tertiary/aromatic N) is 1. The highest BCUT2D eigenvalue weighted by Gasteiger charge is 2.62. The van der Waals surface area contributed by atoms with Gasteiger partial charge in [-0.3, -0.25) is 9.59 Å². The van der Waals surface area contributed by atoms with Crippen LogP contribution in [0.5, 0.6) is 0 Å². The molecule has 4 fully saturated rings. The van der Waals surface area contributed by atoms with Gasteiger partial charge in [0.25, 0.3) is 0 Å². The Morgan fingerprint density at radius 1 is 1.03 bits per heavy atom. The minimum Gasteiger partial charge on any atom is -0.481 e. The zero-order chi connectivity index (χ0) is 22.7. The Hall–Kier alpha value is -3.35. The fourth-order valence-electron chi connectivity index (χ4n) is 6.03. The number of amides is 2. The van der Waals surface area contributed by atoms with Crippen LogP contribution in [0.1, 0.15) is 36.3 Å². The van der Waals surface area contributed by atoms with Crippen molar-refractivity contribution < 1.29 is 24.2 Å². The van der Waals surface area contributed by atoms with Gasteiger partial charge in [-0.05, 0) is 47.4 Å². The molecule has 0 radical (unpaired) electrons. The molecule has 33 heavy (non-hydrogen) atoms. The van der Waals surface area contributed by atoms with Crippen LogP contribution < -0.4 is 5.32 Å². The average molecular weight is 447 g/mol. The van der Waals surface area contributed by atoms with Crippen molar-refractivity contribution in [2.24, 2.45) is 17.3 Å². The van der Waals surface area contributed by atoms with E-state index in [-0.39, 0.29) is 36.9 Å². The molecule has 5 aliphatic rings. The number of hydrogen-bond donors (Lipinski definition) is 2.